The Labute approximate surface area is 119 Å². The molecule has 0 nitrogen and oxygen atoms in total. The molecule has 2 aromatic rings. The maximum atomic E-state index is 2.35. The van der Waals surface area contributed by atoms with Gasteiger partial charge in [0.2, 0.25) is 0 Å². The molecule has 0 bridgehead atoms. The number of allylic oxidation sites excluding steroid dienone is 4. The van der Waals surface area contributed by atoms with Crippen LogP contribution in [0.5, 0.6) is 0 Å². The van der Waals surface area contributed by atoms with Crippen LogP contribution in [-0.2, 0) is 6.42 Å². The molecule has 0 spiro atoms. The molecule has 0 unspecified atom stereocenters. The van der Waals surface area contributed by atoms with Gasteiger partial charge in [-0.3, -0.25) is 0 Å². The van der Waals surface area contributed by atoms with E-state index in [2.05, 4.69) is 72.8 Å². The Bertz CT molecular complexity index is 833. The molecular weight excluding hydrogens is 240 g/mol. The van der Waals surface area contributed by atoms with Crippen LogP contribution in [0.15, 0.2) is 77.9 Å². The van der Waals surface area contributed by atoms with Crippen molar-refractivity contribution in [2.75, 3.05) is 0 Å². The number of hydrogen-bond donors (Lipinski definition) is 0. The Kier molecular flexibility index (Phi) is 2.67. The second-order valence-corrected chi connectivity index (χ2v) is 5.43. The summed E-state index contributed by atoms with van der Waals surface area (Å²) in [5, 5.41) is 2.73. The van der Waals surface area contributed by atoms with E-state index in [1.54, 1.807) is 0 Å². The van der Waals surface area contributed by atoms with E-state index in [1.807, 2.05) is 0 Å². The maximum Gasteiger partial charge on any atom is -0.00548 e. The third-order valence-electron chi connectivity index (χ3n) is 4.13. The topological polar surface area (TPSA) is 0 Å². The van der Waals surface area contributed by atoms with Gasteiger partial charge in [0, 0.05) is 0 Å². The largest absolute Gasteiger partial charge is 0.0798 e. The zero-order valence-electron chi connectivity index (χ0n) is 11.3. The van der Waals surface area contributed by atoms with Crippen LogP contribution in [0.3, 0.4) is 0 Å². The molecule has 0 heteroatoms. The van der Waals surface area contributed by atoms with Crippen molar-refractivity contribution < 1.29 is 0 Å². The monoisotopic (exact) mass is 256 g/mol. The van der Waals surface area contributed by atoms with Crippen LogP contribution in [0, 0.1) is 0 Å². The highest BCUT2D eigenvalue weighted by Crippen LogP contribution is 2.29. The summed E-state index contributed by atoms with van der Waals surface area (Å²) in [6, 6.07) is 19.4. The quantitative estimate of drug-likeness (QED) is 0.774. The van der Waals surface area contributed by atoms with E-state index >= 15 is 0 Å². The number of rotatable bonds is 2. The van der Waals surface area contributed by atoms with Crippen molar-refractivity contribution in [3.8, 4) is 0 Å². The third kappa shape index (κ3) is 1.85. The van der Waals surface area contributed by atoms with Gasteiger partial charge in [-0.15, -0.1) is 0 Å². The fourth-order valence-electron chi connectivity index (χ4n) is 3.16. The van der Waals surface area contributed by atoms with Gasteiger partial charge in [-0.2, -0.15) is 0 Å². The first-order valence-electron chi connectivity index (χ1n) is 7.16. The van der Waals surface area contributed by atoms with Crippen LogP contribution < -0.4 is 10.4 Å². The molecule has 0 saturated heterocycles. The lowest BCUT2D eigenvalue weighted by Gasteiger charge is -2.15. The first-order chi connectivity index (χ1) is 9.92. The molecule has 0 amide bonds. The molecule has 0 fully saturated rings. The fourth-order valence-corrected chi connectivity index (χ4v) is 3.16. The first-order valence-corrected chi connectivity index (χ1v) is 7.16. The Morgan fingerprint density at radius 3 is 2.50 bits per heavy atom. The van der Waals surface area contributed by atoms with Crippen molar-refractivity contribution in [1.29, 1.82) is 0 Å². The van der Waals surface area contributed by atoms with Gasteiger partial charge in [-0.25, -0.2) is 0 Å². The molecule has 0 aromatic heterocycles. The molecule has 0 saturated carbocycles. The minimum Gasteiger partial charge on any atom is -0.0798 e. The van der Waals surface area contributed by atoms with Gasteiger partial charge in [0.15, 0.2) is 0 Å². The molecule has 4 rings (SSSR count). The van der Waals surface area contributed by atoms with Crippen LogP contribution in [0.2, 0.25) is 0 Å². The average molecular weight is 256 g/mol. The van der Waals surface area contributed by atoms with Gasteiger partial charge in [0.1, 0.15) is 0 Å². The summed E-state index contributed by atoms with van der Waals surface area (Å²) < 4.78 is 0. The van der Waals surface area contributed by atoms with Gasteiger partial charge in [0.25, 0.3) is 0 Å². The zero-order chi connectivity index (χ0) is 13.4. The Hall–Kier alpha value is -2.34. The standard InChI is InChI=1S/C20H16/c1-2-7-15(8-3-1)13-16-10-6-12-19-18-11-5-4-9-17(18)14-20(16)19/h1-9,11-12,14H,10,13H2. The summed E-state index contributed by atoms with van der Waals surface area (Å²) in [5.74, 6) is 0. The normalized spacial score (nSPS) is 15.9. The molecule has 2 aromatic carbocycles. The van der Waals surface area contributed by atoms with Crippen molar-refractivity contribution in [3.05, 3.63) is 93.9 Å². The molecule has 0 aliphatic heterocycles. The first kappa shape index (κ1) is 11.5. The summed E-state index contributed by atoms with van der Waals surface area (Å²) in [6.07, 6.45) is 9.05. The lowest BCUT2D eigenvalue weighted by Crippen LogP contribution is -2.21. The Morgan fingerprint density at radius 1 is 0.800 bits per heavy atom. The van der Waals surface area contributed by atoms with E-state index in [9.17, 15) is 0 Å². The predicted octanol–water partition coefficient (Wildman–Crippen LogP) is 3.13. The molecular formula is C20H16. The van der Waals surface area contributed by atoms with Crippen LogP contribution in [0.4, 0.5) is 0 Å². The summed E-state index contributed by atoms with van der Waals surface area (Å²) in [5.41, 5.74) is 5.77. The van der Waals surface area contributed by atoms with Crippen LogP contribution in [0.25, 0.3) is 11.6 Å². The lowest BCUT2D eigenvalue weighted by atomic mass is 9.90. The Morgan fingerprint density at radius 2 is 1.60 bits per heavy atom. The smallest absolute Gasteiger partial charge is 0.00548 e. The van der Waals surface area contributed by atoms with Gasteiger partial charge in [-0.05, 0) is 46.1 Å². The molecule has 0 N–H and O–H groups in total. The third-order valence-corrected chi connectivity index (χ3v) is 4.13. The van der Waals surface area contributed by atoms with Crippen LogP contribution >= 0.6 is 0 Å². The average Bonchev–Trinajstić information content (AvgIpc) is 2.88. The predicted molar refractivity (Wildman–Crippen MR) is 84.5 cm³/mol. The van der Waals surface area contributed by atoms with E-state index in [4.69, 9.17) is 0 Å². The van der Waals surface area contributed by atoms with Crippen LogP contribution in [-0.4, -0.2) is 0 Å². The van der Waals surface area contributed by atoms with Crippen molar-refractivity contribution in [1.82, 2.24) is 0 Å². The van der Waals surface area contributed by atoms with Crippen molar-refractivity contribution in [2.45, 2.75) is 12.8 Å². The van der Waals surface area contributed by atoms with Crippen molar-refractivity contribution in [2.24, 2.45) is 0 Å². The number of fused-ring (bicyclic) bond motifs is 2. The highest BCUT2D eigenvalue weighted by molar-refractivity contribution is 5.89. The Balaban J connectivity index is 1.85. The molecule has 0 atom stereocenters. The molecule has 2 aliphatic carbocycles. The van der Waals surface area contributed by atoms with Crippen molar-refractivity contribution >= 4 is 11.6 Å². The van der Waals surface area contributed by atoms with E-state index in [0.717, 1.165) is 12.8 Å². The van der Waals surface area contributed by atoms with Gasteiger partial charge in [-0.1, -0.05) is 72.3 Å². The molecule has 0 heterocycles. The summed E-state index contributed by atoms with van der Waals surface area (Å²) >= 11 is 0. The van der Waals surface area contributed by atoms with Crippen LogP contribution in [0.1, 0.15) is 12.0 Å². The van der Waals surface area contributed by atoms with E-state index in [1.165, 1.54) is 32.7 Å². The highest BCUT2D eigenvalue weighted by Gasteiger charge is 2.16. The lowest BCUT2D eigenvalue weighted by molar-refractivity contribution is 1.05. The summed E-state index contributed by atoms with van der Waals surface area (Å²) in [6.45, 7) is 0. The number of benzene rings is 2. The van der Waals surface area contributed by atoms with E-state index in [0.29, 0.717) is 0 Å². The minimum absolute atomic E-state index is 1.05. The molecule has 20 heavy (non-hydrogen) atoms. The SMILES string of the molecule is C1=CC2=c3ccccc3=CC2=C(Cc2ccccc2)C1. The second-order valence-electron chi connectivity index (χ2n) is 5.43. The molecule has 0 radical (unpaired) electrons. The summed E-state index contributed by atoms with van der Waals surface area (Å²) in [7, 11) is 0. The van der Waals surface area contributed by atoms with Gasteiger partial charge < -0.3 is 0 Å². The summed E-state index contributed by atoms with van der Waals surface area (Å²) in [4.78, 5) is 0. The van der Waals surface area contributed by atoms with Gasteiger partial charge in [0.05, 0.1) is 0 Å². The molecule has 96 valence electrons. The van der Waals surface area contributed by atoms with Gasteiger partial charge >= 0.3 is 0 Å². The zero-order valence-corrected chi connectivity index (χ0v) is 11.3. The second kappa shape index (κ2) is 4.64. The highest BCUT2D eigenvalue weighted by atomic mass is 14.2. The fraction of sp³-hybridized carbons (Fsp3) is 0.100. The number of hydrogen-bond acceptors (Lipinski definition) is 0. The van der Waals surface area contributed by atoms with E-state index < -0.39 is 0 Å². The molecule has 2 aliphatic rings. The maximum absolute atomic E-state index is 2.35. The minimum atomic E-state index is 1.05. The van der Waals surface area contributed by atoms with Crippen molar-refractivity contribution in [3.63, 3.8) is 0 Å². The van der Waals surface area contributed by atoms with E-state index in [-0.39, 0.29) is 0 Å².